The Morgan fingerprint density at radius 1 is 0.750 bits per heavy atom. The number of rotatable bonds is 11. The highest BCUT2D eigenvalue weighted by Gasteiger charge is 2.39. The molecular weight excluding hydrogens is 813 g/mol. The predicted octanol–water partition coefficient (Wildman–Crippen LogP) is 8.05. The zero-order valence-electron chi connectivity index (χ0n) is 36.9. The van der Waals surface area contributed by atoms with Gasteiger partial charge in [-0.25, -0.2) is 19.6 Å². The van der Waals surface area contributed by atoms with Gasteiger partial charge in [-0.3, -0.25) is 19.6 Å². The van der Waals surface area contributed by atoms with E-state index < -0.39 is 29.9 Å². The first-order chi connectivity index (χ1) is 30.8. The van der Waals surface area contributed by atoms with Crippen LogP contribution in [0, 0.1) is 5.92 Å². The SMILES string of the molecule is COC(=O)N[C@H](C(=O)N1CCC[C@H]1c1ncc(-c2ccc(-c3ccc4cc(-c5c[nH]c([C@@H]6CCCN6C(=O)[C@H](NC(=O)OC(C)(C)C)c6ccccc6)n5)cnc4c3)nc2)[nH]1)C(C)C. The maximum absolute atomic E-state index is 14.2. The van der Waals surface area contributed by atoms with Crippen LogP contribution in [0.15, 0.2) is 91.5 Å². The number of hydrogen-bond acceptors (Lipinski definition) is 10. The third-order valence-electron chi connectivity index (χ3n) is 11.7. The second kappa shape index (κ2) is 18.3. The molecule has 4 N–H and O–H groups in total. The average molecular weight is 867 g/mol. The number of aromatic nitrogens is 6. The van der Waals surface area contributed by atoms with Gasteiger partial charge in [0.05, 0.1) is 48.0 Å². The number of methoxy groups -OCH3 is 1. The minimum Gasteiger partial charge on any atom is -0.453 e. The van der Waals surface area contributed by atoms with Crippen LogP contribution in [-0.4, -0.2) is 95.5 Å². The van der Waals surface area contributed by atoms with Gasteiger partial charge < -0.3 is 39.9 Å². The van der Waals surface area contributed by atoms with Crippen molar-refractivity contribution in [3.8, 4) is 33.8 Å². The molecule has 16 nitrogen and oxygen atoms in total. The van der Waals surface area contributed by atoms with Crippen molar-refractivity contribution in [1.29, 1.82) is 0 Å². The number of hydrogen-bond donors (Lipinski definition) is 4. The molecule has 4 atom stereocenters. The molecule has 2 saturated heterocycles. The van der Waals surface area contributed by atoms with Crippen LogP contribution >= 0.6 is 0 Å². The molecule has 0 bridgehead atoms. The third-order valence-corrected chi connectivity index (χ3v) is 11.7. The Hall–Kier alpha value is -7.10. The lowest BCUT2D eigenvalue weighted by Gasteiger charge is -2.30. The van der Waals surface area contributed by atoms with E-state index in [0.717, 1.165) is 64.7 Å². The van der Waals surface area contributed by atoms with Crippen molar-refractivity contribution in [3.05, 3.63) is 109 Å². The van der Waals surface area contributed by atoms with E-state index in [1.807, 2.05) is 86.8 Å². The smallest absolute Gasteiger partial charge is 0.408 e. The van der Waals surface area contributed by atoms with Crippen LogP contribution < -0.4 is 10.6 Å². The summed E-state index contributed by atoms with van der Waals surface area (Å²) >= 11 is 0. The molecular formula is C48H54N10O6. The van der Waals surface area contributed by atoms with Crippen molar-refractivity contribution in [3.63, 3.8) is 0 Å². The predicted molar refractivity (Wildman–Crippen MR) is 240 cm³/mol. The summed E-state index contributed by atoms with van der Waals surface area (Å²) in [6.07, 6.45) is 9.01. The highest BCUT2D eigenvalue weighted by Crippen LogP contribution is 2.36. The summed E-state index contributed by atoms with van der Waals surface area (Å²) < 4.78 is 10.3. The van der Waals surface area contributed by atoms with Crippen LogP contribution in [0.5, 0.6) is 0 Å². The minimum atomic E-state index is -0.921. The number of H-pyrrole nitrogens is 2. The molecule has 0 unspecified atom stereocenters. The Labute approximate surface area is 371 Å². The third kappa shape index (κ3) is 9.45. The van der Waals surface area contributed by atoms with Gasteiger partial charge in [-0.05, 0) is 82.2 Å². The molecule has 8 rings (SSSR count). The molecule has 332 valence electrons. The van der Waals surface area contributed by atoms with Crippen LogP contribution in [-0.2, 0) is 19.1 Å². The molecule has 0 aliphatic carbocycles. The minimum absolute atomic E-state index is 0.121. The van der Waals surface area contributed by atoms with Gasteiger partial charge in [0.25, 0.3) is 5.91 Å². The lowest BCUT2D eigenvalue weighted by molar-refractivity contribution is -0.136. The molecule has 16 heteroatoms. The first-order valence-corrected chi connectivity index (χ1v) is 21.7. The van der Waals surface area contributed by atoms with E-state index in [0.29, 0.717) is 36.0 Å². The number of fused-ring (bicyclic) bond motifs is 1. The zero-order valence-corrected chi connectivity index (χ0v) is 36.9. The standard InChI is InChI=1S/C48H54N10O6/c1-28(2)40(55-46(61)63-6)44(59)57-20-10-14-38(57)42-51-26-36(53-42)32-18-19-34(49-24-32)31-17-16-30-22-33(25-50-35(30)23-31)37-27-52-43(54-37)39-15-11-21-58(39)45(60)41(29-12-8-7-9-13-29)56-47(62)64-48(3,4)5/h7-9,12-13,16-19,22-28,38-41H,10-11,14-15,20-21H2,1-6H3,(H,51,53)(H,52,54)(H,55,61)(H,56,62)/t38-,39-,40-,41+/m0/s1. The Morgan fingerprint density at radius 3 is 2.14 bits per heavy atom. The van der Waals surface area contributed by atoms with E-state index >= 15 is 0 Å². The van der Waals surface area contributed by atoms with Crippen molar-refractivity contribution in [1.82, 2.24) is 50.3 Å². The number of nitrogens with zero attached hydrogens (tertiary/aromatic N) is 6. The van der Waals surface area contributed by atoms with Crippen LogP contribution in [0.25, 0.3) is 44.7 Å². The molecule has 2 aliphatic heterocycles. The Morgan fingerprint density at radius 2 is 1.45 bits per heavy atom. The van der Waals surface area contributed by atoms with Crippen LogP contribution in [0.2, 0.25) is 0 Å². The maximum atomic E-state index is 14.2. The quantitative estimate of drug-likeness (QED) is 0.0988. The van der Waals surface area contributed by atoms with Gasteiger partial charge in [-0.2, -0.15) is 0 Å². The van der Waals surface area contributed by atoms with Crippen molar-refractivity contribution < 1.29 is 28.7 Å². The molecule has 2 aliphatic rings. The Bertz CT molecular complexity index is 2640. The molecule has 0 saturated carbocycles. The molecule has 0 radical (unpaired) electrons. The summed E-state index contributed by atoms with van der Waals surface area (Å²) in [5.41, 5.74) is 5.62. The average Bonchev–Trinajstić information content (AvgIpc) is 4.13. The number of pyridine rings is 2. The molecule has 6 aromatic rings. The molecule has 4 aromatic heterocycles. The summed E-state index contributed by atoms with van der Waals surface area (Å²) in [6.45, 7) is 10.2. The van der Waals surface area contributed by atoms with Crippen LogP contribution in [0.3, 0.4) is 0 Å². The number of likely N-dealkylation sites (tertiary alicyclic amines) is 2. The monoisotopic (exact) mass is 866 g/mol. The van der Waals surface area contributed by atoms with Gasteiger partial charge in [0, 0.05) is 53.8 Å². The normalized spacial score (nSPS) is 17.4. The van der Waals surface area contributed by atoms with Crippen LogP contribution in [0.4, 0.5) is 9.59 Å². The van der Waals surface area contributed by atoms with E-state index in [1.54, 1.807) is 49.2 Å². The van der Waals surface area contributed by atoms with Gasteiger partial charge in [-0.15, -0.1) is 0 Å². The van der Waals surface area contributed by atoms with Gasteiger partial charge in [-0.1, -0.05) is 56.3 Å². The first-order valence-electron chi connectivity index (χ1n) is 21.7. The van der Waals surface area contributed by atoms with E-state index in [4.69, 9.17) is 24.4 Å². The lowest BCUT2D eigenvalue weighted by Crippen LogP contribution is -2.51. The Balaban J connectivity index is 0.941. The number of imidazole rings is 2. The number of ether oxygens (including phenoxy) is 2. The van der Waals surface area contributed by atoms with Gasteiger partial charge in [0.2, 0.25) is 5.91 Å². The zero-order chi connectivity index (χ0) is 45.1. The maximum Gasteiger partial charge on any atom is 0.408 e. The van der Waals surface area contributed by atoms with Crippen molar-refractivity contribution in [2.45, 2.75) is 90.1 Å². The van der Waals surface area contributed by atoms with Gasteiger partial charge >= 0.3 is 12.2 Å². The van der Waals surface area contributed by atoms with Crippen molar-refractivity contribution in [2.24, 2.45) is 5.92 Å². The van der Waals surface area contributed by atoms with E-state index in [1.165, 1.54) is 7.11 Å². The number of aromatic amines is 2. The fraction of sp³-hybridized carbons (Fsp3) is 0.375. The summed E-state index contributed by atoms with van der Waals surface area (Å²) in [5.74, 6) is 0.851. The van der Waals surface area contributed by atoms with E-state index in [2.05, 4.69) is 25.6 Å². The first kappa shape index (κ1) is 43.5. The highest BCUT2D eigenvalue weighted by atomic mass is 16.6. The summed E-state index contributed by atoms with van der Waals surface area (Å²) in [6, 6.07) is 19.1. The van der Waals surface area contributed by atoms with E-state index in [9.17, 15) is 19.2 Å². The topological polar surface area (TPSA) is 200 Å². The number of carbonyl (C=O) groups excluding carboxylic acids is 4. The molecule has 4 amide bonds. The number of benzene rings is 2. The van der Waals surface area contributed by atoms with Crippen LogP contribution in [0.1, 0.15) is 95.6 Å². The molecule has 0 spiro atoms. The van der Waals surface area contributed by atoms with Crippen molar-refractivity contribution in [2.75, 3.05) is 20.2 Å². The molecule has 6 heterocycles. The number of nitrogens with one attached hydrogen (secondary N) is 4. The fourth-order valence-corrected chi connectivity index (χ4v) is 8.48. The second-order valence-electron chi connectivity index (χ2n) is 17.6. The number of alkyl carbamates (subject to hydrolysis) is 2. The van der Waals surface area contributed by atoms with E-state index in [-0.39, 0.29) is 29.8 Å². The second-order valence-corrected chi connectivity index (χ2v) is 17.6. The highest BCUT2D eigenvalue weighted by molar-refractivity contribution is 5.89. The number of carbonyl (C=O) groups is 4. The molecule has 2 aromatic carbocycles. The summed E-state index contributed by atoms with van der Waals surface area (Å²) in [5, 5.41) is 6.44. The summed E-state index contributed by atoms with van der Waals surface area (Å²) in [4.78, 5) is 82.1. The molecule has 2 fully saturated rings. The Kier molecular flexibility index (Phi) is 12.5. The number of amides is 4. The lowest BCUT2D eigenvalue weighted by atomic mass is 10.0. The molecule has 64 heavy (non-hydrogen) atoms. The largest absolute Gasteiger partial charge is 0.453 e. The van der Waals surface area contributed by atoms with Crippen molar-refractivity contribution >= 4 is 34.9 Å². The van der Waals surface area contributed by atoms with Gasteiger partial charge in [0.1, 0.15) is 29.3 Å². The fourth-order valence-electron chi connectivity index (χ4n) is 8.48. The summed E-state index contributed by atoms with van der Waals surface area (Å²) in [7, 11) is 1.28. The van der Waals surface area contributed by atoms with Gasteiger partial charge in [0.15, 0.2) is 0 Å².